The van der Waals surface area contributed by atoms with Crippen molar-refractivity contribution in [1.29, 1.82) is 0 Å². The van der Waals surface area contributed by atoms with Gasteiger partial charge in [-0.3, -0.25) is 14.4 Å². The zero-order chi connectivity index (χ0) is 39.3. The molecule has 1 fully saturated rings. The minimum absolute atomic E-state index is 0.0540. The van der Waals surface area contributed by atoms with Gasteiger partial charge >= 0.3 is 0 Å². The largest absolute Gasteiger partial charge is 0.495 e. The highest BCUT2D eigenvalue weighted by atomic mass is 35.5. The van der Waals surface area contributed by atoms with Gasteiger partial charge in [0.1, 0.15) is 17.5 Å². The van der Waals surface area contributed by atoms with Crippen LogP contribution in [0.25, 0.3) is 0 Å². The molecule has 4 rings (SSSR count). The highest BCUT2D eigenvalue weighted by molar-refractivity contribution is 6.17. The summed E-state index contributed by atoms with van der Waals surface area (Å²) < 4.78 is 27.7. The Hall–Kier alpha value is -3.76. The molecule has 1 aromatic heterocycles. The van der Waals surface area contributed by atoms with Gasteiger partial charge in [0.2, 0.25) is 17.8 Å². The maximum atomic E-state index is 13.2. The second-order valence-electron chi connectivity index (χ2n) is 13.5. The fourth-order valence-corrected chi connectivity index (χ4v) is 6.85. The smallest absolute Gasteiger partial charge is 0.251 e. The van der Waals surface area contributed by atoms with Crippen LogP contribution in [0, 0.1) is 0 Å². The third kappa shape index (κ3) is 14.0. The van der Waals surface area contributed by atoms with Crippen molar-refractivity contribution >= 4 is 52.5 Å². The molecule has 1 aromatic carbocycles. The number of methoxy groups -OCH3 is 1. The number of nitrogens with zero attached hydrogens (tertiary/aromatic N) is 4. The molecule has 16 heteroatoms. The number of anilines is 4. The minimum atomic E-state index is -0.278. The molecule has 1 aliphatic carbocycles. The molecule has 3 amide bonds. The van der Waals surface area contributed by atoms with Crippen molar-refractivity contribution in [2.75, 3.05) is 101 Å². The Morgan fingerprint density at radius 1 is 0.891 bits per heavy atom. The molecular weight excluding hydrogens is 730 g/mol. The number of unbranched alkanes of at least 4 members (excludes halogenated alkanes) is 3. The predicted molar refractivity (Wildman–Crippen MR) is 213 cm³/mol. The lowest BCUT2D eigenvalue weighted by atomic mass is 10.0. The van der Waals surface area contributed by atoms with Crippen LogP contribution in [0.5, 0.6) is 5.75 Å². The van der Waals surface area contributed by atoms with Gasteiger partial charge in [-0.1, -0.05) is 32.6 Å². The number of hydrogen-bond acceptors (Lipinski definition) is 12. The van der Waals surface area contributed by atoms with Gasteiger partial charge in [-0.05, 0) is 50.3 Å². The highest BCUT2D eigenvalue weighted by Gasteiger charge is 2.41. The summed E-state index contributed by atoms with van der Waals surface area (Å²) in [5, 5.41) is 8.92. The van der Waals surface area contributed by atoms with Gasteiger partial charge in [-0.25, -0.2) is 4.98 Å². The van der Waals surface area contributed by atoms with Crippen LogP contribution in [-0.2, 0) is 28.5 Å². The van der Waals surface area contributed by atoms with E-state index >= 15 is 0 Å². The molecule has 0 bridgehead atoms. The van der Waals surface area contributed by atoms with Crippen LogP contribution in [0.2, 0.25) is 0 Å². The molecule has 0 radical (unpaired) electrons. The number of carbonyl (C=O) groups excluding carboxylic acids is 3. The van der Waals surface area contributed by atoms with Crippen molar-refractivity contribution in [3.63, 3.8) is 0 Å². The quantitative estimate of drug-likeness (QED) is 0.0835. The van der Waals surface area contributed by atoms with Gasteiger partial charge in [-0.2, -0.15) is 4.98 Å². The monoisotopic (exact) mass is 789 g/mol. The first-order valence-electron chi connectivity index (χ1n) is 19.7. The predicted octanol–water partition coefficient (Wildman–Crippen LogP) is 4.83. The van der Waals surface area contributed by atoms with Crippen LogP contribution in [0.3, 0.4) is 0 Å². The third-order valence-electron chi connectivity index (χ3n) is 9.61. The maximum Gasteiger partial charge on any atom is 0.251 e. The van der Waals surface area contributed by atoms with E-state index in [0.29, 0.717) is 93.7 Å². The summed E-state index contributed by atoms with van der Waals surface area (Å²) in [5.74, 6) is 1.99. The SMILES string of the molecule is CC[C@@H]1C(=O)N(C)c2cnc(Nc3cc(C(=O)NCCOCCOCCC(=O)NCCOCCOCCCCCCCl)ccc3OC)nc2N1C1CCCC1. The Kier molecular flexibility index (Phi) is 19.7. The summed E-state index contributed by atoms with van der Waals surface area (Å²) >= 11 is 5.67. The van der Waals surface area contributed by atoms with Gasteiger partial charge in [0.25, 0.3) is 5.91 Å². The van der Waals surface area contributed by atoms with Crippen LogP contribution in [0.15, 0.2) is 24.4 Å². The van der Waals surface area contributed by atoms with Gasteiger partial charge in [0, 0.05) is 50.7 Å². The molecule has 2 aromatic rings. The number of benzene rings is 1. The summed E-state index contributed by atoms with van der Waals surface area (Å²) in [5.41, 5.74) is 1.64. The highest BCUT2D eigenvalue weighted by Crippen LogP contribution is 2.40. The number of aromatic nitrogens is 2. The number of hydrogen-bond donors (Lipinski definition) is 3. The average Bonchev–Trinajstić information content (AvgIpc) is 3.73. The van der Waals surface area contributed by atoms with E-state index < -0.39 is 0 Å². The molecule has 0 spiro atoms. The molecule has 1 aliphatic heterocycles. The Bertz CT molecular complexity index is 1480. The zero-order valence-corrected chi connectivity index (χ0v) is 33.5. The molecule has 0 unspecified atom stereocenters. The number of halogens is 1. The van der Waals surface area contributed by atoms with E-state index in [1.165, 1.54) is 0 Å². The van der Waals surface area contributed by atoms with E-state index in [2.05, 4.69) is 25.8 Å². The molecule has 0 saturated heterocycles. The second kappa shape index (κ2) is 24.7. The lowest BCUT2D eigenvalue weighted by Gasteiger charge is -2.43. The molecule has 2 aliphatic rings. The fraction of sp³-hybridized carbons (Fsp3) is 0.667. The number of fused-ring (bicyclic) bond motifs is 1. The summed E-state index contributed by atoms with van der Waals surface area (Å²) in [6.45, 7) is 6.22. The van der Waals surface area contributed by atoms with Gasteiger partial charge < -0.3 is 49.4 Å². The number of amides is 3. The van der Waals surface area contributed by atoms with Crippen LogP contribution in [-0.4, -0.2) is 126 Å². The van der Waals surface area contributed by atoms with Crippen molar-refractivity contribution in [2.45, 2.75) is 83.2 Å². The Morgan fingerprint density at radius 3 is 2.25 bits per heavy atom. The lowest BCUT2D eigenvalue weighted by molar-refractivity contribution is -0.122. The first-order valence-corrected chi connectivity index (χ1v) is 20.2. The van der Waals surface area contributed by atoms with Crippen molar-refractivity contribution in [3.05, 3.63) is 30.0 Å². The molecule has 15 nitrogen and oxygen atoms in total. The molecule has 2 heterocycles. The number of likely N-dealkylation sites (N-methyl/N-ethyl adjacent to an activating group) is 1. The van der Waals surface area contributed by atoms with E-state index in [4.69, 9.17) is 40.3 Å². The van der Waals surface area contributed by atoms with Crippen LogP contribution in [0.4, 0.5) is 23.1 Å². The standard InChI is InChI=1S/C39H60ClN7O8/c1-4-32-38(50)46(2)33-28-43-39(45-36(33)47(32)30-11-7-8-12-30)44-31-27-29(13-14-34(31)51-3)37(49)42-18-22-55-26-24-53-20-15-35(48)41-17-21-54-25-23-52-19-10-6-5-9-16-40/h13-14,27-28,30,32H,4-12,15-26H2,1-3H3,(H,41,48)(H,42,49)(H,43,44,45)/t32-/m1/s1. The van der Waals surface area contributed by atoms with Crippen molar-refractivity contribution in [1.82, 2.24) is 20.6 Å². The van der Waals surface area contributed by atoms with Crippen LogP contribution < -0.4 is 30.5 Å². The van der Waals surface area contributed by atoms with Gasteiger partial charge in [0.05, 0.1) is 65.2 Å². The van der Waals surface area contributed by atoms with E-state index in [1.54, 1.807) is 43.5 Å². The number of rotatable bonds is 27. The van der Waals surface area contributed by atoms with E-state index in [0.717, 1.165) is 63.8 Å². The Balaban J connectivity index is 1.11. The van der Waals surface area contributed by atoms with Crippen molar-refractivity contribution < 1.29 is 38.1 Å². The normalized spacial score (nSPS) is 15.6. The molecule has 306 valence electrons. The van der Waals surface area contributed by atoms with Gasteiger partial charge in [-0.15, -0.1) is 11.6 Å². The first kappa shape index (κ1) is 44.0. The van der Waals surface area contributed by atoms with E-state index in [1.807, 2.05) is 6.92 Å². The van der Waals surface area contributed by atoms with E-state index in [9.17, 15) is 14.4 Å². The molecule has 1 saturated carbocycles. The van der Waals surface area contributed by atoms with Crippen molar-refractivity contribution in [2.24, 2.45) is 0 Å². The van der Waals surface area contributed by atoms with Crippen LogP contribution >= 0.6 is 11.6 Å². The molecule has 1 atom stereocenters. The minimum Gasteiger partial charge on any atom is -0.495 e. The third-order valence-corrected chi connectivity index (χ3v) is 9.88. The fourth-order valence-electron chi connectivity index (χ4n) is 6.66. The number of alkyl halides is 1. The summed E-state index contributed by atoms with van der Waals surface area (Å²) in [4.78, 5) is 51.5. The number of nitrogens with one attached hydrogen (secondary N) is 3. The van der Waals surface area contributed by atoms with Crippen molar-refractivity contribution in [3.8, 4) is 5.75 Å². The van der Waals surface area contributed by atoms with Crippen LogP contribution in [0.1, 0.15) is 81.5 Å². The summed E-state index contributed by atoms with van der Waals surface area (Å²) in [6, 6.07) is 5.06. The van der Waals surface area contributed by atoms with E-state index in [-0.39, 0.29) is 42.8 Å². The topological polar surface area (TPSA) is 166 Å². The maximum absolute atomic E-state index is 13.2. The molecular formula is C39H60ClN7O8. The van der Waals surface area contributed by atoms with Gasteiger partial charge in [0.15, 0.2) is 5.82 Å². The molecule has 55 heavy (non-hydrogen) atoms. The average molecular weight is 790 g/mol. The summed E-state index contributed by atoms with van der Waals surface area (Å²) in [6.07, 6.45) is 11.3. The Labute approximate surface area is 330 Å². The summed E-state index contributed by atoms with van der Waals surface area (Å²) in [7, 11) is 3.33. The molecule has 3 N–H and O–H groups in total. The number of carbonyl (C=O) groups is 3. The lowest BCUT2D eigenvalue weighted by Crippen LogP contribution is -2.55. The second-order valence-corrected chi connectivity index (χ2v) is 13.9. The first-order chi connectivity index (χ1) is 26.9. The Morgan fingerprint density at radius 2 is 1.56 bits per heavy atom. The zero-order valence-electron chi connectivity index (χ0n) is 32.7. The number of ether oxygens (including phenoxy) is 5.